The van der Waals surface area contributed by atoms with Crippen molar-refractivity contribution in [1.82, 2.24) is 9.13 Å². The van der Waals surface area contributed by atoms with E-state index in [0.717, 1.165) is 47.5 Å². The van der Waals surface area contributed by atoms with Crippen molar-refractivity contribution in [3.63, 3.8) is 0 Å². The predicted molar refractivity (Wildman–Crippen MR) is 164 cm³/mol. The number of hydrogen-bond donors (Lipinski definition) is 2. The molecule has 0 unspecified atom stereocenters. The van der Waals surface area contributed by atoms with Crippen LogP contribution in [-0.2, 0) is 9.59 Å². The molecule has 10 heteroatoms. The van der Waals surface area contributed by atoms with Gasteiger partial charge in [0.25, 0.3) is 11.8 Å². The fourth-order valence-corrected chi connectivity index (χ4v) is 5.28. The van der Waals surface area contributed by atoms with E-state index in [9.17, 15) is 19.8 Å². The summed E-state index contributed by atoms with van der Waals surface area (Å²) in [7, 11) is 0. The normalized spacial score (nSPS) is 12.2. The number of carbonyl (C=O) groups excluding carboxylic acids is 2. The van der Waals surface area contributed by atoms with Crippen LogP contribution in [-0.4, -0.2) is 31.2 Å². The van der Waals surface area contributed by atoms with Gasteiger partial charge in [0, 0.05) is 35.7 Å². The molecule has 10 nitrogen and oxygen atoms in total. The van der Waals surface area contributed by atoms with Gasteiger partial charge in [-0.3, -0.25) is 9.59 Å². The Labute approximate surface area is 245 Å². The van der Waals surface area contributed by atoms with E-state index in [1.165, 1.54) is 0 Å². The topological polar surface area (TPSA) is 134 Å². The quantitative estimate of drug-likeness (QED) is 0.122. The number of aromatic nitrogens is 2. The standard InChI is InChI=1S/C32H40N6O4/c1-21(2)37-25-17-13-11-15-23(25)29(31(37)41)35-33-27(39)19-9-7-5-6-8-10-20-28(40)34-36-30-24-16-12-14-18-26(24)38(22(3)4)32(30)42/h11-18,21-22,41-42H,5-10,19-20H2,1-4H3. The first-order valence-corrected chi connectivity index (χ1v) is 14.7. The number of amides is 2. The maximum Gasteiger partial charge on any atom is 0.264 e. The van der Waals surface area contributed by atoms with E-state index in [1.54, 1.807) is 9.13 Å². The van der Waals surface area contributed by atoms with Crippen LogP contribution in [0.5, 0.6) is 11.8 Å². The number of benzene rings is 2. The zero-order valence-corrected chi connectivity index (χ0v) is 24.8. The lowest BCUT2D eigenvalue weighted by Gasteiger charge is -2.10. The summed E-state index contributed by atoms with van der Waals surface area (Å²) < 4.78 is 3.56. The first-order valence-electron chi connectivity index (χ1n) is 14.7. The van der Waals surface area contributed by atoms with Crippen LogP contribution >= 0.6 is 0 Å². The summed E-state index contributed by atoms with van der Waals surface area (Å²) in [6, 6.07) is 15.2. The van der Waals surface area contributed by atoms with Crippen LogP contribution in [0.25, 0.3) is 21.8 Å². The maximum atomic E-state index is 12.3. The van der Waals surface area contributed by atoms with Gasteiger partial charge >= 0.3 is 0 Å². The van der Waals surface area contributed by atoms with Crippen molar-refractivity contribution in [2.75, 3.05) is 0 Å². The Bertz CT molecular complexity index is 1490. The van der Waals surface area contributed by atoms with Gasteiger partial charge in [-0.2, -0.15) is 0 Å². The Balaban J connectivity index is 1.16. The molecule has 222 valence electrons. The smallest absolute Gasteiger partial charge is 0.264 e. The summed E-state index contributed by atoms with van der Waals surface area (Å²) in [5.74, 6) is -0.595. The third kappa shape index (κ3) is 6.92. The molecule has 0 radical (unpaired) electrons. The number of carbonyl (C=O) groups is 2. The van der Waals surface area contributed by atoms with E-state index in [2.05, 4.69) is 20.5 Å². The first kappa shape index (κ1) is 30.6. The van der Waals surface area contributed by atoms with Crippen molar-refractivity contribution in [3.8, 4) is 11.8 Å². The highest BCUT2D eigenvalue weighted by Crippen LogP contribution is 2.42. The third-order valence-corrected chi connectivity index (χ3v) is 7.30. The van der Waals surface area contributed by atoms with Gasteiger partial charge in [0.05, 0.1) is 11.0 Å². The van der Waals surface area contributed by atoms with Gasteiger partial charge in [0.15, 0.2) is 11.4 Å². The number of fused-ring (bicyclic) bond motifs is 2. The van der Waals surface area contributed by atoms with E-state index < -0.39 is 0 Å². The van der Waals surface area contributed by atoms with Crippen molar-refractivity contribution in [1.29, 1.82) is 0 Å². The molecule has 2 aromatic carbocycles. The molecule has 4 aromatic rings. The molecule has 42 heavy (non-hydrogen) atoms. The van der Waals surface area contributed by atoms with Crippen LogP contribution in [0.4, 0.5) is 11.4 Å². The number of hydrogen-bond acceptors (Lipinski definition) is 6. The van der Waals surface area contributed by atoms with Crippen LogP contribution in [0.1, 0.15) is 91.1 Å². The Hall–Kier alpha value is -4.34. The number of azo groups is 2. The summed E-state index contributed by atoms with van der Waals surface area (Å²) in [6.07, 6.45) is 5.67. The van der Waals surface area contributed by atoms with E-state index in [-0.39, 0.29) is 35.7 Å². The fraction of sp³-hybridized carbons (Fsp3) is 0.438. The monoisotopic (exact) mass is 572 g/mol. The molecule has 2 aromatic heterocycles. The minimum Gasteiger partial charge on any atom is -0.493 e. The van der Waals surface area contributed by atoms with Gasteiger partial charge in [-0.1, -0.05) is 62.1 Å². The van der Waals surface area contributed by atoms with E-state index in [1.807, 2.05) is 76.2 Å². The lowest BCUT2D eigenvalue weighted by Crippen LogP contribution is -1.98. The molecule has 0 fully saturated rings. The van der Waals surface area contributed by atoms with E-state index >= 15 is 0 Å². The number of aromatic hydroxyl groups is 2. The molecule has 0 saturated carbocycles. The molecule has 4 rings (SSSR count). The zero-order chi connectivity index (χ0) is 30.2. The van der Waals surface area contributed by atoms with E-state index in [0.29, 0.717) is 37.1 Å². The van der Waals surface area contributed by atoms with Crippen molar-refractivity contribution in [2.45, 2.75) is 91.1 Å². The van der Waals surface area contributed by atoms with Crippen molar-refractivity contribution in [3.05, 3.63) is 48.5 Å². The first-order chi connectivity index (χ1) is 20.2. The molecular formula is C32H40N6O4. The van der Waals surface area contributed by atoms with Crippen molar-refractivity contribution in [2.24, 2.45) is 20.5 Å². The molecule has 0 bridgehead atoms. The second-order valence-electron chi connectivity index (χ2n) is 11.1. The van der Waals surface area contributed by atoms with Gasteiger partial charge < -0.3 is 19.3 Å². The van der Waals surface area contributed by atoms with E-state index in [4.69, 9.17) is 0 Å². The van der Waals surface area contributed by atoms with Crippen LogP contribution in [0.3, 0.4) is 0 Å². The molecule has 0 aliphatic carbocycles. The van der Waals surface area contributed by atoms with Crippen LogP contribution in [0, 0.1) is 0 Å². The molecular weight excluding hydrogens is 532 g/mol. The summed E-state index contributed by atoms with van der Waals surface area (Å²) in [4.78, 5) is 24.6. The van der Waals surface area contributed by atoms with Gasteiger partial charge in [-0.05, 0) is 52.7 Å². The van der Waals surface area contributed by atoms with Crippen LogP contribution < -0.4 is 0 Å². The molecule has 2 amide bonds. The number of nitrogens with zero attached hydrogens (tertiary/aromatic N) is 6. The number of para-hydroxylation sites is 2. The lowest BCUT2D eigenvalue weighted by atomic mass is 10.1. The average molecular weight is 573 g/mol. The van der Waals surface area contributed by atoms with Gasteiger partial charge in [0.2, 0.25) is 11.8 Å². The van der Waals surface area contributed by atoms with Crippen LogP contribution in [0.15, 0.2) is 69.0 Å². The third-order valence-electron chi connectivity index (χ3n) is 7.30. The van der Waals surface area contributed by atoms with Crippen LogP contribution in [0.2, 0.25) is 0 Å². The summed E-state index contributed by atoms with van der Waals surface area (Å²) in [5.41, 5.74) is 2.34. The Morgan fingerprint density at radius 3 is 1.36 bits per heavy atom. The molecule has 0 spiro atoms. The van der Waals surface area contributed by atoms with Gasteiger partial charge in [0.1, 0.15) is 0 Å². The van der Waals surface area contributed by atoms with Crippen molar-refractivity contribution >= 4 is 45.0 Å². The van der Waals surface area contributed by atoms with Gasteiger partial charge in [-0.15, -0.1) is 20.5 Å². The maximum absolute atomic E-state index is 12.3. The minimum atomic E-state index is -0.311. The number of unbranched alkanes of at least 4 members (excludes halogenated alkanes) is 5. The summed E-state index contributed by atoms with van der Waals surface area (Å²) in [6.45, 7) is 7.90. The molecule has 0 aliphatic rings. The molecule has 0 saturated heterocycles. The van der Waals surface area contributed by atoms with Crippen molar-refractivity contribution < 1.29 is 19.8 Å². The van der Waals surface area contributed by atoms with Gasteiger partial charge in [-0.25, -0.2) is 0 Å². The average Bonchev–Trinajstić information content (AvgIpc) is 3.41. The zero-order valence-electron chi connectivity index (χ0n) is 24.8. The highest BCUT2D eigenvalue weighted by atomic mass is 16.3. The predicted octanol–water partition coefficient (Wildman–Crippen LogP) is 9.21. The number of rotatable bonds is 13. The summed E-state index contributed by atoms with van der Waals surface area (Å²) >= 11 is 0. The Morgan fingerprint density at radius 1 is 0.619 bits per heavy atom. The lowest BCUT2D eigenvalue weighted by molar-refractivity contribution is -0.119. The highest BCUT2D eigenvalue weighted by Gasteiger charge is 2.19. The molecule has 0 aliphatic heterocycles. The summed E-state index contributed by atoms with van der Waals surface area (Å²) in [5, 5.41) is 38.7. The largest absolute Gasteiger partial charge is 0.493 e. The second-order valence-corrected chi connectivity index (χ2v) is 11.1. The molecule has 2 heterocycles. The SMILES string of the molecule is CC(C)n1c(O)c(N=NC(=O)CCCCCCCCC(=O)N=Nc2c(O)n(C(C)C)c3ccccc23)c2ccccc21. The molecule has 2 N–H and O–H groups in total. The highest BCUT2D eigenvalue weighted by molar-refractivity contribution is 5.96. The fourth-order valence-electron chi connectivity index (χ4n) is 5.28. The Kier molecular flexibility index (Phi) is 10.2. The second kappa shape index (κ2) is 14.0. The molecule has 0 atom stereocenters. The Morgan fingerprint density at radius 2 is 0.976 bits per heavy atom. The minimum absolute atomic E-state index is 0.0135.